The second-order valence-electron chi connectivity index (χ2n) is 13.6. The number of esters is 1. The summed E-state index contributed by atoms with van der Waals surface area (Å²) in [6.07, 6.45) is 1.90. The summed E-state index contributed by atoms with van der Waals surface area (Å²) >= 11 is 0. The molecule has 4 fully saturated rings. The molecule has 0 aliphatic heterocycles. The van der Waals surface area contributed by atoms with Gasteiger partial charge in [-0.25, -0.2) is 4.79 Å². The first-order valence-electron chi connectivity index (χ1n) is 14.3. The lowest BCUT2D eigenvalue weighted by Gasteiger charge is -2.62. The van der Waals surface area contributed by atoms with E-state index in [-0.39, 0.29) is 22.7 Å². The van der Waals surface area contributed by atoms with Crippen LogP contribution in [0.3, 0.4) is 0 Å². The molecule has 0 radical (unpaired) electrons. The molecular weight excluding hydrogens is 477 g/mol. The third kappa shape index (κ3) is 4.53. The number of halogens is 3. The van der Waals surface area contributed by atoms with Crippen molar-refractivity contribution in [2.24, 2.45) is 46.3 Å². The maximum Gasteiger partial charge on any atom is 0.414 e. The van der Waals surface area contributed by atoms with Crippen LogP contribution in [0.5, 0.6) is 0 Å². The summed E-state index contributed by atoms with van der Waals surface area (Å²) in [5.41, 5.74) is 0.171. The highest BCUT2D eigenvalue weighted by Crippen LogP contribution is 2.69. The van der Waals surface area contributed by atoms with Gasteiger partial charge in [-0.2, -0.15) is 13.2 Å². The Balaban J connectivity index is 1.30. The molecule has 0 spiro atoms. The number of fused-ring (bicyclic) bond motifs is 5. The van der Waals surface area contributed by atoms with Crippen LogP contribution in [0.25, 0.3) is 0 Å². The molecule has 5 rings (SSSR count). The Labute approximate surface area is 219 Å². The van der Waals surface area contributed by atoms with Crippen LogP contribution in [0.4, 0.5) is 13.2 Å². The molecule has 10 atom stereocenters. The van der Waals surface area contributed by atoms with Crippen LogP contribution >= 0.6 is 0 Å². The topological polar surface area (TPSA) is 46.5 Å². The van der Waals surface area contributed by atoms with Crippen molar-refractivity contribution in [3.63, 3.8) is 0 Å². The van der Waals surface area contributed by atoms with Crippen molar-refractivity contribution in [1.29, 1.82) is 0 Å². The fourth-order valence-electron chi connectivity index (χ4n) is 9.79. The second-order valence-corrected chi connectivity index (χ2v) is 13.6. The molecule has 1 aromatic rings. The molecular formula is C31H43F3O3. The van der Waals surface area contributed by atoms with Crippen LogP contribution < -0.4 is 0 Å². The van der Waals surface area contributed by atoms with Gasteiger partial charge >= 0.3 is 12.1 Å². The van der Waals surface area contributed by atoms with Crippen LogP contribution in [0.1, 0.15) is 95.8 Å². The Morgan fingerprint density at radius 2 is 1.62 bits per heavy atom. The maximum absolute atomic E-state index is 13.4. The first-order chi connectivity index (χ1) is 17.3. The monoisotopic (exact) mass is 520 g/mol. The highest BCUT2D eigenvalue weighted by atomic mass is 19.4. The largest absolute Gasteiger partial charge is 0.456 e. The molecule has 37 heavy (non-hydrogen) atoms. The molecule has 1 N–H and O–H groups in total. The van der Waals surface area contributed by atoms with Crippen molar-refractivity contribution in [2.45, 2.75) is 103 Å². The number of hydrogen-bond acceptors (Lipinski definition) is 3. The van der Waals surface area contributed by atoms with Crippen molar-refractivity contribution in [3.05, 3.63) is 35.9 Å². The number of carbonyl (C=O) groups is 1. The number of aliphatic hydroxyl groups excluding tert-OH is 1. The molecule has 0 bridgehead atoms. The van der Waals surface area contributed by atoms with Crippen LogP contribution in [0.2, 0.25) is 0 Å². The lowest BCUT2D eigenvalue weighted by atomic mass is 9.43. The van der Waals surface area contributed by atoms with E-state index in [9.17, 15) is 23.1 Å². The molecule has 6 heteroatoms. The van der Waals surface area contributed by atoms with E-state index in [0.717, 1.165) is 57.8 Å². The zero-order valence-corrected chi connectivity index (χ0v) is 22.7. The third-order valence-corrected chi connectivity index (χ3v) is 11.8. The normalized spacial score (nSPS) is 43.2. The van der Waals surface area contributed by atoms with Crippen LogP contribution in [-0.4, -0.2) is 29.0 Å². The maximum atomic E-state index is 13.4. The molecule has 1 aromatic carbocycles. The highest BCUT2D eigenvalue weighted by Gasteiger charge is 2.63. The number of rotatable bonds is 4. The zero-order chi connectivity index (χ0) is 26.8. The predicted octanol–water partition coefficient (Wildman–Crippen LogP) is 7.82. The average molecular weight is 521 g/mol. The third-order valence-electron chi connectivity index (χ3n) is 11.8. The first kappa shape index (κ1) is 27.0. The molecule has 4 saturated carbocycles. The van der Waals surface area contributed by atoms with E-state index in [2.05, 4.69) is 20.8 Å². The Kier molecular flexibility index (Phi) is 6.77. The quantitative estimate of drug-likeness (QED) is 0.412. The van der Waals surface area contributed by atoms with Crippen LogP contribution in [0, 0.1) is 46.3 Å². The minimum absolute atomic E-state index is 0.0901. The fraction of sp³-hybridized carbons (Fsp3) is 0.774. The van der Waals surface area contributed by atoms with E-state index in [0.29, 0.717) is 29.2 Å². The summed E-state index contributed by atoms with van der Waals surface area (Å²) in [7, 11) is 0. The van der Waals surface area contributed by atoms with E-state index in [4.69, 9.17) is 4.74 Å². The first-order valence-corrected chi connectivity index (χ1v) is 14.3. The van der Waals surface area contributed by atoms with E-state index in [1.807, 2.05) is 18.2 Å². The van der Waals surface area contributed by atoms with Crippen LogP contribution in [0.15, 0.2) is 30.3 Å². The predicted molar refractivity (Wildman–Crippen MR) is 137 cm³/mol. The summed E-state index contributed by atoms with van der Waals surface area (Å²) in [5.74, 6) is 0.920. The zero-order valence-electron chi connectivity index (χ0n) is 22.7. The lowest BCUT2D eigenvalue weighted by Crippen LogP contribution is -2.56. The molecule has 4 aliphatic carbocycles. The summed E-state index contributed by atoms with van der Waals surface area (Å²) in [5, 5.41) is 10.1. The number of carbonyl (C=O) groups excluding carboxylic acids is 1. The van der Waals surface area contributed by atoms with Gasteiger partial charge in [-0.15, -0.1) is 0 Å². The minimum atomic E-state index is -4.56. The molecule has 0 amide bonds. The van der Waals surface area contributed by atoms with E-state index >= 15 is 0 Å². The SMILES string of the molecule is C[C@@H]([C@H]1CC[C@H]2C3CC[C@@H]4C[C@@](C)(OC(=O)c5ccccc5)CCC4(C)[C@H]3CC[C@]12C)[C@H](O)C(F)(F)F. The molecule has 2 unspecified atom stereocenters. The standard InChI is InChI=1S/C31H43F3O3/c1-19(26(35)31(32,33)34)23-12-13-24-22-11-10-21-18-28(2,37-27(36)20-8-6-5-7-9-20)16-17-29(21,3)25(22)14-15-30(23,24)4/h5-9,19,21-26,35H,10-18H2,1-4H3/t19-,21+,22?,23+,24-,25-,26-,28-,29?,30+/m0/s1. The lowest BCUT2D eigenvalue weighted by molar-refractivity contribution is -0.228. The van der Waals surface area contributed by atoms with Gasteiger partial charge < -0.3 is 9.84 Å². The molecule has 0 aromatic heterocycles. The number of benzene rings is 1. The van der Waals surface area contributed by atoms with Gasteiger partial charge in [-0.1, -0.05) is 39.0 Å². The Bertz CT molecular complexity index is 995. The van der Waals surface area contributed by atoms with Crippen molar-refractivity contribution in [3.8, 4) is 0 Å². The Morgan fingerprint density at radius 1 is 0.946 bits per heavy atom. The van der Waals surface area contributed by atoms with Gasteiger partial charge in [0.1, 0.15) is 5.60 Å². The van der Waals surface area contributed by atoms with E-state index in [1.165, 1.54) is 0 Å². The van der Waals surface area contributed by atoms with Crippen molar-refractivity contribution >= 4 is 5.97 Å². The van der Waals surface area contributed by atoms with Gasteiger partial charge in [0.05, 0.1) is 5.56 Å². The van der Waals surface area contributed by atoms with Crippen molar-refractivity contribution < 1.29 is 27.8 Å². The second kappa shape index (κ2) is 9.27. The van der Waals surface area contributed by atoms with Gasteiger partial charge in [-0.05, 0) is 123 Å². The molecule has 4 aliphatic rings. The van der Waals surface area contributed by atoms with Crippen molar-refractivity contribution in [1.82, 2.24) is 0 Å². The highest BCUT2D eigenvalue weighted by molar-refractivity contribution is 5.89. The molecule has 0 saturated heterocycles. The van der Waals surface area contributed by atoms with Gasteiger partial charge in [0.25, 0.3) is 0 Å². The van der Waals surface area contributed by atoms with Crippen LogP contribution in [-0.2, 0) is 4.74 Å². The number of ether oxygens (including phenoxy) is 1. The van der Waals surface area contributed by atoms with Gasteiger partial charge in [0.15, 0.2) is 6.10 Å². The fourth-order valence-corrected chi connectivity index (χ4v) is 9.79. The summed E-state index contributed by atoms with van der Waals surface area (Å²) < 4.78 is 46.2. The number of alkyl halides is 3. The average Bonchev–Trinajstić information content (AvgIpc) is 3.20. The molecule has 206 valence electrons. The van der Waals surface area contributed by atoms with E-state index < -0.39 is 23.8 Å². The van der Waals surface area contributed by atoms with Gasteiger partial charge in [0.2, 0.25) is 0 Å². The summed E-state index contributed by atoms with van der Waals surface area (Å²) in [4.78, 5) is 12.8. The number of hydrogen-bond donors (Lipinski definition) is 1. The Hall–Kier alpha value is -1.56. The van der Waals surface area contributed by atoms with Gasteiger partial charge in [-0.3, -0.25) is 0 Å². The summed E-state index contributed by atoms with van der Waals surface area (Å²) in [6, 6.07) is 9.20. The van der Waals surface area contributed by atoms with E-state index in [1.54, 1.807) is 19.1 Å². The molecule has 3 nitrogen and oxygen atoms in total. The summed E-state index contributed by atoms with van der Waals surface area (Å²) in [6.45, 7) is 8.37. The smallest absolute Gasteiger partial charge is 0.414 e. The van der Waals surface area contributed by atoms with Crippen molar-refractivity contribution in [2.75, 3.05) is 0 Å². The number of aliphatic hydroxyl groups is 1. The Morgan fingerprint density at radius 3 is 2.30 bits per heavy atom. The molecule has 0 heterocycles. The minimum Gasteiger partial charge on any atom is -0.456 e. The van der Waals surface area contributed by atoms with Gasteiger partial charge in [0, 0.05) is 0 Å².